The molecular weight excluding hydrogens is 290 g/mol. The molecule has 1 aliphatic carbocycles. The Balaban J connectivity index is 2.64. The number of carbonyl (C=O) groups is 1. The van der Waals surface area contributed by atoms with E-state index in [1.54, 1.807) is 14.0 Å². The fraction of sp³-hybridized carbons (Fsp3) is 0.929. The Hall–Kier alpha value is -0.660. The van der Waals surface area contributed by atoms with Gasteiger partial charge >= 0.3 is 0 Å². The molecule has 1 unspecified atom stereocenters. The highest BCUT2D eigenvalue weighted by atomic mass is 32.2. The summed E-state index contributed by atoms with van der Waals surface area (Å²) < 4.78 is 28.5. The minimum Gasteiger partial charge on any atom is -0.350 e. The van der Waals surface area contributed by atoms with E-state index in [4.69, 9.17) is 0 Å². The zero-order valence-electron chi connectivity index (χ0n) is 13.8. The third-order valence-corrected chi connectivity index (χ3v) is 5.39. The van der Waals surface area contributed by atoms with Crippen LogP contribution in [0.15, 0.2) is 0 Å². The number of hydrogen-bond acceptors (Lipinski definition) is 3. The van der Waals surface area contributed by atoms with Gasteiger partial charge in [-0.25, -0.2) is 0 Å². The number of amides is 1. The molecule has 0 aromatic rings. The van der Waals surface area contributed by atoms with Gasteiger partial charge in [-0.3, -0.25) is 4.79 Å². The van der Waals surface area contributed by atoms with Crippen molar-refractivity contribution in [3.63, 3.8) is 0 Å². The number of hydrogen-bond donors (Lipinski definition) is 2. The number of rotatable bonds is 5. The van der Waals surface area contributed by atoms with Crippen LogP contribution in [0, 0.1) is 0 Å². The second-order valence-corrected chi connectivity index (χ2v) is 8.65. The van der Waals surface area contributed by atoms with Crippen molar-refractivity contribution >= 4 is 16.1 Å². The lowest BCUT2D eigenvalue weighted by Crippen LogP contribution is -2.54. The Morgan fingerprint density at radius 1 is 1.19 bits per heavy atom. The van der Waals surface area contributed by atoms with E-state index >= 15 is 0 Å². The van der Waals surface area contributed by atoms with E-state index in [1.165, 1.54) is 10.7 Å². The number of nitrogens with zero attached hydrogens (tertiary/aromatic N) is 1. The van der Waals surface area contributed by atoms with E-state index in [0.717, 1.165) is 25.7 Å². The van der Waals surface area contributed by atoms with E-state index in [2.05, 4.69) is 10.0 Å². The first-order valence-electron chi connectivity index (χ1n) is 7.60. The van der Waals surface area contributed by atoms with Crippen molar-refractivity contribution in [2.24, 2.45) is 0 Å². The quantitative estimate of drug-likeness (QED) is 0.804. The van der Waals surface area contributed by atoms with Crippen molar-refractivity contribution in [3.8, 4) is 0 Å². The van der Waals surface area contributed by atoms with Gasteiger partial charge in [-0.05, 0) is 40.5 Å². The molecule has 1 aliphatic rings. The van der Waals surface area contributed by atoms with Crippen molar-refractivity contribution in [3.05, 3.63) is 0 Å². The topological polar surface area (TPSA) is 78.5 Å². The lowest BCUT2D eigenvalue weighted by atomic mass is 9.96. The van der Waals surface area contributed by atoms with Gasteiger partial charge in [0.25, 0.3) is 10.2 Å². The molecule has 124 valence electrons. The summed E-state index contributed by atoms with van der Waals surface area (Å²) in [6.45, 7) is 7.15. The highest BCUT2D eigenvalue weighted by molar-refractivity contribution is 7.87. The first kappa shape index (κ1) is 18.4. The van der Waals surface area contributed by atoms with Gasteiger partial charge in [0.2, 0.25) is 5.91 Å². The zero-order chi connectivity index (χ0) is 16.3. The summed E-state index contributed by atoms with van der Waals surface area (Å²) in [5.74, 6) is -0.317. The van der Waals surface area contributed by atoms with E-state index in [1.807, 2.05) is 20.8 Å². The van der Waals surface area contributed by atoms with Crippen molar-refractivity contribution in [2.75, 3.05) is 7.05 Å². The molecule has 1 fully saturated rings. The number of carbonyl (C=O) groups excluding carboxylic acids is 1. The SMILES string of the molecule is CC(NS(=O)(=O)N(C)C1CCCCC1)C(=O)NC(C)(C)C. The van der Waals surface area contributed by atoms with Gasteiger partial charge in [0.1, 0.15) is 0 Å². The average Bonchev–Trinajstić information content (AvgIpc) is 2.36. The summed E-state index contributed by atoms with van der Waals surface area (Å²) in [5, 5.41) is 2.78. The molecule has 1 amide bonds. The minimum atomic E-state index is -3.64. The largest absolute Gasteiger partial charge is 0.350 e. The highest BCUT2D eigenvalue weighted by Crippen LogP contribution is 2.23. The average molecular weight is 319 g/mol. The van der Waals surface area contributed by atoms with Gasteiger partial charge in [-0.1, -0.05) is 19.3 Å². The Morgan fingerprint density at radius 3 is 2.19 bits per heavy atom. The molecule has 7 heteroatoms. The van der Waals surface area contributed by atoms with Crippen LogP contribution in [-0.4, -0.2) is 43.3 Å². The molecule has 0 spiro atoms. The van der Waals surface area contributed by atoms with E-state index in [-0.39, 0.29) is 17.5 Å². The molecule has 21 heavy (non-hydrogen) atoms. The minimum absolute atomic E-state index is 0.0362. The second kappa shape index (κ2) is 7.07. The fourth-order valence-electron chi connectivity index (χ4n) is 2.48. The number of nitrogens with one attached hydrogen (secondary N) is 2. The molecule has 0 bridgehead atoms. The van der Waals surface area contributed by atoms with Gasteiger partial charge in [-0.15, -0.1) is 0 Å². The van der Waals surface area contributed by atoms with Crippen LogP contribution in [0.2, 0.25) is 0 Å². The molecule has 0 saturated heterocycles. The van der Waals surface area contributed by atoms with Crippen molar-refractivity contribution in [1.82, 2.24) is 14.3 Å². The van der Waals surface area contributed by atoms with E-state index in [9.17, 15) is 13.2 Å². The molecule has 2 N–H and O–H groups in total. The zero-order valence-corrected chi connectivity index (χ0v) is 14.6. The molecule has 6 nitrogen and oxygen atoms in total. The molecule has 0 heterocycles. The van der Waals surface area contributed by atoms with E-state index < -0.39 is 16.3 Å². The fourth-order valence-corrected chi connectivity index (χ4v) is 3.80. The second-order valence-electron chi connectivity index (χ2n) is 6.89. The van der Waals surface area contributed by atoms with E-state index in [0.29, 0.717) is 0 Å². The van der Waals surface area contributed by atoms with Gasteiger partial charge in [0, 0.05) is 18.6 Å². The predicted molar refractivity (Wildman–Crippen MR) is 84.0 cm³/mol. The smallest absolute Gasteiger partial charge is 0.280 e. The Kier molecular flexibility index (Phi) is 6.19. The molecule has 1 rings (SSSR count). The maximum absolute atomic E-state index is 12.3. The van der Waals surface area contributed by atoms with Crippen LogP contribution in [0.5, 0.6) is 0 Å². The summed E-state index contributed by atoms with van der Waals surface area (Å²) in [4.78, 5) is 12.0. The Morgan fingerprint density at radius 2 is 1.71 bits per heavy atom. The van der Waals surface area contributed by atoms with Gasteiger partial charge in [0.15, 0.2) is 0 Å². The monoisotopic (exact) mass is 319 g/mol. The Bertz CT molecular complexity index is 451. The van der Waals surface area contributed by atoms with Crippen LogP contribution in [0.4, 0.5) is 0 Å². The Labute approximate surface area is 128 Å². The lowest BCUT2D eigenvalue weighted by Gasteiger charge is -2.31. The standard InChI is InChI=1S/C14H29N3O3S/c1-11(13(18)15-14(2,3)4)16-21(19,20)17(5)12-9-7-6-8-10-12/h11-12,16H,6-10H2,1-5H3,(H,15,18). The molecule has 0 radical (unpaired) electrons. The molecule has 0 aromatic carbocycles. The van der Waals surface area contributed by atoms with Crippen molar-refractivity contribution in [1.29, 1.82) is 0 Å². The lowest BCUT2D eigenvalue weighted by molar-refractivity contribution is -0.123. The van der Waals surface area contributed by atoms with Crippen molar-refractivity contribution in [2.45, 2.75) is 77.4 Å². The summed E-state index contributed by atoms with van der Waals surface area (Å²) in [7, 11) is -2.05. The first-order valence-corrected chi connectivity index (χ1v) is 9.04. The van der Waals surface area contributed by atoms with Crippen LogP contribution in [0.3, 0.4) is 0 Å². The molecule has 0 aliphatic heterocycles. The normalized spacial score (nSPS) is 19.5. The van der Waals surface area contributed by atoms with Gasteiger partial charge in [-0.2, -0.15) is 17.4 Å². The maximum atomic E-state index is 12.3. The summed E-state index contributed by atoms with van der Waals surface area (Å²) in [6, 6.07) is -0.755. The molecular formula is C14H29N3O3S. The first-order chi connectivity index (χ1) is 9.53. The summed E-state index contributed by atoms with van der Waals surface area (Å²) in [6.07, 6.45) is 5.07. The van der Waals surface area contributed by atoms with Gasteiger partial charge < -0.3 is 5.32 Å². The summed E-state index contributed by atoms with van der Waals surface area (Å²) >= 11 is 0. The molecule has 0 aromatic heterocycles. The molecule has 1 atom stereocenters. The predicted octanol–water partition coefficient (Wildman–Crippen LogP) is 1.39. The maximum Gasteiger partial charge on any atom is 0.280 e. The highest BCUT2D eigenvalue weighted by Gasteiger charge is 2.30. The van der Waals surface area contributed by atoms with Crippen LogP contribution in [0.25, 0.3) is 0 Å². The summed E-state index contributed by atoms with van der Waals surface area (Å²) in [5.41, 5.74) is -0.383. The van der Waals surface area contributed by atoms with Gasteiger partial charge in [0.05, 0.1) is 6.04 Å². The van der Waals surface area contributed by atoms with Crippen molar-refractivity contribution < 1.29 is 13.2 Å². The van der Waals surface area contributed by atoms with Crippen LogP contribution in [0.1, 0.15) is 59.8 Å². The third-order valence-electron chi connectivity index (χ3n) is 3.69. The molecule has 1 saturated carbocycles. The van der Waals surface area contributed by atoms with Crippen LogP contribution in [-0.2, 0) is 15.0 Å². The van der Waals surface area contributed by atoms with Crippen LogP contribution < -0.4 is 10.0 Å². The third kappa shape index (κ3) is 5.92. The van der Waals surface area contributed by atoms with Crippen LogP contribution >= 0.6 is 0 Å².